The topological polar surface area (TPSA) is 26.3 Å². The average Bonchev–Trinajstić information content (AvgIpc) is 2.68. The van der Waals surface area contributed by atoms with E-state index in [0.29, 0.717) is 5.56 Å². The Hall–Kier alpha value is -2.72. The molecule has 130 valence electrons. The van der Waals surface area contributed by atoms with E-state index in [4.69, 9.17) is 4.74 Å². The molecule has 0 amide bonds. The Labute approximate surface area is 160 Å². The molecule has 0 saturated carbocycles. The zero-order valence-electron chi connectivity index (χ0n) is 13.8. The Balaban J connectivity index is 1.82. The summed E-state index contributed by atoms with van der Waals surface area (Å²) < 4.78 is 20.2. The van der Waals surface area contributed by atoms with Crippen molar-refractivity contribution in [2.24, 2.45) is 0 Å². The average molecular weight is 411 g/mol. The number of carbonyl (C=O) groups is 1. The molecule has 0 unspecified atom stereocenters. The molecule has 4 heteroatoms. The second-order valence-electron chi connectivity index (χ2n) is 5.64. The van der Waals surface area contributed by atoms with Gasteiger partial charge in [0, 0.05) is 16.1 Å². The number of hydrogen-bond donors (Lipinski definition) is 0. The number of halogens is 2. The van der Waals surface area contributed by atoms with Crippen LogP contribution in [-0.2, 0) is 9.53 Å². The molecule has 3 rings (SSSR count). The zero-order valence-corrected chi connectivity index (χ0v) is 15.4. The van der Waals surface area contributed by atoms with Gasteiger partial charge >= 0.3 is 5.97 Å². The molecule has 0 aliphatic rings. The van der Waals surface area contributed by atoms with Crippen molar-refractivity contribution in [3.05, 3.63) is 112 Å². The van der Waals surface area contributed by atoms with Gasteiger partial charge in [-0.1, -0.05) is 76.6 Å². The first-order valence-corrected chi connectivity index (χ1v) is 8.86. The molecule has 0 radical (unpaired) electrons. The van der Waals surface area contributed by atoms with Crippen molar-refractivity contribution in [2.45, 2.75) is 6.10 Å². The molecule has 0 aliphatic heterocycles. The lowest BCUT2D eigenvalue weighted by atomic mass is 10.0. The Bertz CT molecular complexity index is 868. The van der Waals surface area contributed by atoms with Crippen molar-refractivity contribution < 1.29 is 13.9 Å². The van der Waals surface area contributed by atoms with E-state index in [1.54, 1.807) is 12.1 Å². The summed E-state index contributed by atoms with van der Waals surface area (Å²) in [5.74, 6) is -0.943. The van der Waals surface area contributed by atoms with Crippen molar-refractivity contribution in [3.8, 4) is 0 Å². The third-order valence-corrected chi connectivity index (χ3v) is 4.29. The second kappa shape index (κ2) is 8.59. The quantitative estimate of drug-likeness (QED) is 0.384. The van der Waals surface area contributed by atoms with Crippen LogP contribution in [0, 0.1) is 5.82 Å². The lowest BCUT2D eigenvalue weighted by Crippen LogP contribution is -2.10. The third-order valence-electron chi connectivity index (χ3n) is 3.80. The van der Waals surface area contributed by atoms with Crippen molar-refractivity contribution >= 4 is 28.0 Å². The highest BCUT2D eigenvalue weighted by molar-refractivity contribution is 9.10. The molecule has 3 aromatic carbocycles. The van der Waals surface area contributed by atoms with Gasteiger partial charge in [-0.15, -0.1) is 0 Å². The Kier molecular flexibility index (Phi) is 5.97. The molecular formula is C22H16BrFO2. The van der Waals surface area contributed by atoms with Gasteiger partial charge in [-0.25, -0.2) is 9.18 Å². The molecule has 0 bridgehead atoms. The summed E-state index contributed by atoms with van der Waals surface area (Å²) in [5, 5.41) is 0. The molecule has 2 nitrogen and oxygen atoms in total. The number of ether oxygens (including phenoxy) is 1. The van der Waals surface area contributed by atoms with E-state index < -0.39 is 17.9 Å². The van der Waals surface area contributed by atoms with Crippen LogP contribution in [0.1, 0.15) is 22.8 Å². The van der Waals surface area contributed by atoms with E-state index in [1.165, 1.54) is 18.2 Å². The first-order chi connectivity index (χ1) is 12.6. The van der Waals surface area contributed by atoms with Crippen LogP contribution in [0.15, 0.2) is 89.4 Å². The summed E-state index contributed by atoms with van der Waals surface area (Å²) in [7, 11) is 0. The highest BCUT2D eigenvalue weighted by atomic mass is 79.9. The molecule has 0 N–H and O–H groups in total. The minimum atomic E-state index is -0.540. The molecule has 0 heterocycles. The predicted octanol–water partition coefficient (Wildman–Crippen LogP) is 5.93. The van der Waals surface area contributed by atoms with E-state index in [-0.39, 0.29) is 0 Å². The summed E-state index contributed by atoms with van der Waals surface area (Å²) in [6.45, 7) is 0. The summed E-state index contributed by atoms with van der Waals surface area (Å²) in [4.78, 5) is 12.3. The maximum atomic E-state index is 13.8. The molecule has 0 aliphatic carbocycles. The first-order valence-electron chi connectivity index (χ1n) is 8.07. The van der Waals surface area contributed by atoms with Crippen LogP contribution in [0.25, 0.3) is 6.08 Å². The second-order valence-corrected chi connectivity index (χ2v) is 6.55. The maximum absolute atomic E-state index is 13.8. The van der Waals surface area contributed by atoms with Gasteiger partial charge in [0.15, 0.2) is 6.10 Å². The van der Waals surface area contributed by atoms with E-state index in [1.807, 2.05) is 60.7 Å². The molecule has 3 aromatic rings. The predicted molar refractivity (Wildman–Crippen MR) is 104 cm³/mol. The first kappa shape index (κ1) is 18.1. The summed E-state index contributed by atoms with van der Waals surface area (Å²) in [5.41, 5.74) is 2.05. The van der Waals surface area contributed by atoms with Gasteiger partial charge in [0.2, 0.25) is 0 Å². The van der Waals surface area contributed by atoms with Gasteiger partial charge in [0.25, 0.3) is 0 Å². The third kappa shape index (κ3) is 4.67. The van der Waals surface area contributed by atoms with Gasteiger partial charge in [0.05, 0.1) is 0 Å². The molecule has 0 saturated heterocycles. The molecule has 26 heavy (non-hydrogen) atoms. The van der Waals surface area contributed by atoms with Crippen LogP contribution in [-0.4, -0.2) is 5.97 Å². The van der Waals surface area contributed by atoms with Crippen molar-refractivity contribution in [1.29, 1.82) is 0 Å². The number of esters is 1. The van der Waals surface area contributed by atoms with E-state index >= 15 is 0 Å². The molecular weight excluding hydrogens is 395 g/mol. The number of benzene rings is 3. The Morgan fingerprint density at radius 3 is 2.08 bits per heavy atom. The van der Waals surface area contributed by atoms with Gasteiger partial charge < -0.3 is 4.74 Å². The fourth-order valence-electron chi connectivity index (χ4n) is 2.54. The number of hydrogen-bond acceptors (Lipinski definition) is 2. The largest absolute Gasteiger partial charge is 0.449 e. The van der Waals surface area contributed by atoms with Crippen LogP contribution in [0.5, 0.6) is 0 Å². The van der Waals surface area contributed by atoms with Crippen molar-refractivity contribution in [1.82, 2.24) is 0 Å². The summed E-state index contributed by atoms with van der Waals surface area (Å²) in [6, 6.07) is 23.6. The minimum Gasteiger partial charge on any atom is -0.449 e. The Morgan fingerprint density at radius 1 is 0.923 bits per heavy atom. The SMILES string of the molecule is O=C(/C=C/c1cc(Br)ccc1F)OC(c1ccccc1)c1ccccc1. The van der Waals surface area contributed by atoms with E-state index in [0.717, 1.165) is 15.6 Å². The van der Waals surface area contributed by atoms with Gasteiger partial charge in [-0.05, 0) is 35.4 Å². The van der Waals surface area contributed by atoms with Crippen LogP contribution >= 0.6 is 15.9 Å². The smallest absolute Gasteiger partial charge is 0.331 e. The number of carbonyl (C=O) groups excluding carboxylic acids is 1. The Morgan fingerprint density at radius 2 is 1.50 bits per heavy atom. The highest BCUT2D eigenvalue weighted by Crippen LogP contribution is 2.26. The van der Waals surface area contributed by atoms with Crippen LogP contribution < -0.4 is 0 Å². The monoisotopic (exact) mass is 410 g/mol. The van der Waals surface area contributed by atoms with Crippen molar-refractivity contribution in [3.63, 3.8) is 0 Å². The lowest BCUT2D eigenvalue weighted by Gasteiger charge is -2.18. The molecule has 0 atom stereocenters. The van der Waals surface area contributed by atoms with Gasteiger partial charge in [-0.2, -0.15) is 0 Å². The zero-order chi connectivity index (χ0) is 18.4. The maximum Gasteiger partial charge on any atom is 0.331 e. The van der Waals surface area contributed by atoms with Crippen LogP contribution in [0.2, 0.25) is 0 Å². The normalized spacial score (nSPS) is 11.0. The minimum absolute atomic E-state index is 0.312. The van der Waals surface area contributed by atoms with E-state index in [9.17, 15) is 9.18 Å². The van der Waals surface area contributed by atoms with Gasteiger partial charge in [-0.3, -0.25) is 0 Å². The molecule has 0 spiro atoms. The summed E-state index contributed by atoms with van der Waals surface area (Å²) in [6.07, 6.45) is 2.13. The van der Waals surface area contributed by atoms with Crippen LogP contribution in [0.3, 0.4) is 0 Å². The lowest BCUT2D eigenvalue weighted by molar-refractivity contribution is -0.141. The molecule has 0 aromatic heterocycles. The van der Waals surface area contributed by atoms with Crippen LogP contribution in [0.4, 0.5) is 4.39 Å². The molecule has 0 fully saturated rings. The van der Waals surface area contributed by atoms with Crippen molar-refractivity contribution in [2.75, 3.05) is 0 Å². The van der Waals surface area contributed by atoms with E-state index in [2.05, 4.69) is 15.9 Å². The summed E-state index contributed by atoms with van der Waals surface area (Å²) >= 11 is 3.29. The fraction of sp³-hybridized carbons (Fsp3) is 0.0455. The van der Waals surface area contributed by atoms with Gasteiger partial charge in [0.1, 0.15) is 5.82 Å². The fourth-order valence-corrected chi connectivity index (χ4v) is 2.92. The number of rotatable bonds is 5. The highest BCUT2D eigenvalue weighted by Gasteiger charge is 2.17. The standard InChI is InChI=1S/C22H16BrFO2/c23-19-12-13-20(24)18(15-19)11-14-21(25)26-22(16-7-3-1-4-8-16)17-9-5-2-6-10-17/h1-15,22H/b14-11+.